The first-order valence-corrected chi connectivity index (χ1v) is 21.0. The lowest BCUT2D eigenvalue weighted by atomic mass is 10.0. The quantitative estimate of drug-likeness (QED) is 0.0390. The molecule has 0 heterocycles. The van der Waals surface area contributed by atoms with Gasteiger partial charge in [-0.05, 0) is 19.3 Å². The summed E-state index contributed by atoms with van der Waals surface area (Å²) < 4.78 is 0. The fourth-order valence-electron chi connectivity index (χ4n) is 6.58. The molecular weight excluding hydrogens is 582 g/mol. The topological polar surface area (TPSA) is 89.8 Å². The monoisotopic (exact) mass is 666 g/mol. The van der Waals surface area contributed by atoms with Gasteiger partial charge in [-0.3, -0.25) is 4.79 Å². The molecule has 47 heavy (non-hydrogen) atoms. The second-order valence-corrected chi connectivity index (χ2v) is 14.6. The van der Waals surface area contributed by atoms with Crippen molar-refractivity contribution in [2.75, 3.05) is 6.61 Å². The average molecular weight is 666 g/mol. The molecule has 4 N–H and O–H groups in total. The Kier molecular flexibility index (Phi) is 37.2. The molecular formula is C42H83NO4. The molecule has 0 aliphatic carbocycles. The first-order chi connectivity index (χ1) is 23.0. The smallest absolute Gasteiger partial charge is 0.222 e. The number of amides is 1. The molecule has 0 aliphatic heterocycles. The van der Waals surface area contributed by atoms with Crippen molar-refractivity contribution in [3.8, 4) is 0 Å². The maximum atomic E-state index is 12.4. The molecule has 3 atom stereocenters. The Bertz CT molecular complexity index is 655. The summed E-state index contributed by atoms with van der Waals surface area (Å²) in [6, 6.07) is -0.738. The van der Waals surface area contributed by atoms with Crippen LogP contribution >= 0.6 is 0 Å². The van der Waals surface area contributed by atoms with E-state index in [1.54, 1.807) is 6.08 Å². The van der Waals surface area contributed by atoms with Crippen LogP contribution in [0.3, 0.4) is 0 Å². The third-order valence-electron chi connectivity index (χ3n) is 9.82. The predicted molar refractivity (Wildman–Crippen MR) is 204 cm³/mol. The van der Waals surface area contributed by atoms with Gasteiger partial charge in [-0.1, -0.05) is 212 Å². The highest BCUT2D eigenvalue weighted by atomic mass is 16.3. The number of carbonyl (C=O) groups excluding carboxylic acids is 1. The fraction of sp³-hybridized carbons (Fsp3) is 0.929. The summed E-state index contributed by atoms with van der Waals surface area (Å²) in [5.41, 5.74) is 0. The number of hydrogen-bond acceptors (Lipinski definition) is 4. The van der Waals surface area contributed by atoms with Crippen molar-refractivity contribution in [3.63, 3.8) is 0 Å². The van der Waals surface area contributed by atoms with Crippen molar-refractivity contribution in [1.29, 1.82) is 0 Å². The van der Waals surface area contributed by atoms with Gasteiger partial charge in [0.15, 0.2) is 0 Å². The number of nitrogens with one attached hydrogen (secondary N) is 1. The molecule has 1 amide bonds. The van der Waals surface area contributed by atoms with Crippen molar-refractivity contribution < 1.29 is 20.1 Å². The molecule has 0 saturated carbocycles. The molecule has 3 unspecified atom stereocenters. The van der Waals surface area contributed by atoms with Crippen molar-refractivity contribution >= 4 is 5.91 Å². The molecule has 280 valence electrons. The minimum absolute atomic E-state index is 0.0184. The molecule has 0 aliphatic rings. The van der Waals surface area contributed by atoms with Crippen LogP contribution in [0.15, 0.2) is 12.2 Å². The number of carbonyl (C=O) groups is 1. The third kappa shape index (κ3) is 34.7. The maximum Gasteiger partial charge on any atom is 0.222 e. The van der Waals surface area contributed by atoms with E-state index in [2.05, 4.69) is 19.2 Å². The SMILES string of the molecule is CCCCCCCCCCCCCCCCCC/C=C/C(O)C(CO)NC(=O)CC(O)CCCCCCCCCCCCCCCC. The first kappa shape index (κ1) is 46.1. The molecule has 0 bridgehead atoms. The van der Waals surface area contributed by atoms with Crippen LogP contribution in [0.2, 0.25) is 0 Å². The van der Waals surface area contributed by atoms with Crippen LogP contribution in [-0.2, 0) is 4.79 Å². The Morgan fingerprint density at radius 1 is 0.532 bits per heavy atom. The summed E-state index contributed by atoms with van der Waals surface area (Å²) >= 11 is 0. The van der Waals surface area contributed by atoms with E-state index in [-0.39, 0.29) is 18.9 Å². The summed E-state index contributed by atoms with van der Waals surface area (Å²) in [6.45, 7) is 4.22. The summed E-state index contributed by atoms with van der Waals surface area (Å²) in [4.78, 5) is 12.4. The van der Waals surface area contributed by atoms with Crippen LogP contribution in [0, 0.1) is 0 Å². The van der Waals surface area contributed by atoms with Gasteiger partial charge in [-0.2, -0.15) is 0 Å². The van der Waals surface area contributed by atoms with Crippen LogP contribution in [-0.4, -0.2) is 46.1 Å². The van der Waals surface area contributed by atoms with Crippen LogP contribution in [0.5, 0.6) is 0 Å². The van der Waals surface area contributed by atoms with Crippen LogP contribution in [0.1, 0.15) is 226 Å². The number of aliphatic hydroxyl groups excluding tert-OH is 3. The van der Waals surface area contributed by atoms with E-state index in [9.17, 15) is 20.1 Å². The van der Waals surface area contributed by atoms with Gasteiger partial charge in [0.05, 0.1) is 31.3 Å². The largest absolute Gasteiger partial charge is 0.394 e. The van der Waals surface area contributed by atoms with Gasteiger partial charge in [0.2, 0.25) is 5.91 Å². The van der Waals surface area contributed by atoms with E-state index >= 15 is 0 Å². The molecule has 0 rings (SSSR count). The maximum absolute atomic E-state index is 12.4. The number of unbranched alkanes of at least 4 members (excludes halogenated alkanes) is 29. The minimum atomic E-state index is -0.923. The Labute approximate surface area is 293 Å². The Morgan fingerprint density at radius 3 is 1.23 bits per heavy atom. The lowest BCUT2D eigenvalue weighted by Crippen LogP contribution is -2.45. The van der Waals surface area contributed by atoms with Crippen molar-refractivity contribution in [1.82, 2.24) is 5.32 Å². The molecule has 5 nitrogen and oxygen atoms in total. The van der Waals surface area contributed by atoms with E-state index in [1.165, 1.54) is 173 Å². The first-order valence-electron chi connectivity index (χ1n) is 21.0. The summed E-state index contributed by atoms with van der Waals surface area (Å²) in [7, 11) is 0. The van der Waals surface area contributed by atoms with Gasteiger partial charge in [0.1, 0.15) is 0 Å². The normalized spacial score (nSPS) is 13.7. The molecule has 0 spiro atoms. The zero-order valence-electron chi connectivity index (χ0n) is 31.7. The molecule has 0 radical (unpaired) electrons. The Morgan fingerprint density at radius 2 is 0.872 bits per heavy atom. The summed E-state index contributed by atoms with van der Waals surface area (Å²) in [5, 5.41) is 33.2. The molecule has 0 saturated heterocycles. The summed E-state index contributed by atoms with van der Waals surface area (Å²) in [5.74, 6) is -0.313. The third-order valence-corrected chi connectivity index (χ3v) is 9.82. The van der Waals surface area contributed by atoms with Crippen LogP contribution in [0.25, 0.3) is 0 Å². The van der Waals surface area contributed by atoms with Crippen LogP contribution in [0.4, 0.5) is 0 Å². The van der Waals surface area contributed by atoms with Crippen molar-refractivity contribution in [3.05, 3.63) is 12.2 Å². The average Bonchev–Trinajstić information content (AvgIpc) is 3.06. The van der Waals surface area contributed by atoms with Gasteiger partial charge in [-0.15, -0.1) is 0 Å². The van der Waals surface area contributed by atoms with E-state index in [0.29, 0.717) is 6.42 Å². The Balaban J connectivity index is 3.66. The Hall–Kier alpha value is -0.910. The minimum Gasteiger partial charge on any atom is -0.394 e. The fourth-order valence-corrected chi connectivity index (χ4v) is 6.58. The highest BCUT2D eigenvalue weighted by molar-refractivity contribution is 5.76. The highest BCUT2D eigenvalue weighted by Gasteiger charge is 2.20. The second-order valence-electron chi connectivity index (χ2n) is 14.6. The molecule has 5 heteroatoms. The van der Waals surface area contributed by atoms with E-state index in [4.69, 9.17) is 0 Å². The second kappa shape index (κ2) is 37.9. The van der Waals surface area contributed by atoms with E-state index in [1.807, 2.05) is 6.08 Å². The van der Waals surface area contributed by atoms with Gasteiger partial charge in [-0.25, -0.2) is 0 Å². The van der Waals surface area contributed by atoms with Gasteiger partial charge in [0.25, 0.3) is 0 Å². The van der Waals surface area contributed by atoms with Crippen LogP contribution < -0.4 is 5.32 Å². The van der Waals surface area contributed by atoms with E-state index in [0.717, 1.165) is 25.7 Å². The van der Waals surface area contributed by atoms with Gasteiger partial charge in [0, 0.05) is 0 Å². The highest BCUT2D eigenvalue weighted by Crippen LogP contribution is 2.16. The zero-order valence-corrected chi connectivity index (χ0v) is 31.7. The van der Waals surface area contributed by atoms with Crippen molar-refractivity contribution in [2.24, 2.45) is 0 Å². The number of aliphatic hydroxyl groups is 3. The lowest BCUT2D eigenvalue weighted by molar-refractivity contribution is -0.124. The molecule has 0 aromatic carbocycles. The number of allylic oxidation sites excluding steroid dienone is 1. The predicted octanol–water partition coefficient (Wildman–Crippen LogP) is 11.7. The van der Waals surface area contributed by atoms with Gasteiger partial charge >= 0.3 is 0 Å². The molecule has 0 aromatic rings. The number of hydrogen-bond donors (Lipinski definition) is 4. The number of rotatable bonds is 38. The standard InChI is InChI=1S/C42H83NO4/c1-3-5-7-9-11-13-15-17-19-20-21-22-24-26-28-30-32-34-36-41(46)40(38-44)43-42(47)37-39(45)35-33-31-29-27-25-23-18-16-14-12-10-8-6-4-2/h34,36,39-41,44-46H,3-33,35,37-38H2,1-2H3,(H,43,47)/b36-34+. The molecule has 0 aromatic heterocycles. The zero-order chi connectivity index (χ0) is 34.5. The lowest BCUT2D eigenvalue weighted by Gasteiger charge is -2.21. The van der Waals surface area contributed by atoms with Gasteiger partial charge < -0.3 is 20.6 Å². The van der Waals surface area contributed by atoms with Crippen molar-refractivity contribution in [2.45, 2.75) is 244 Å². The molecule has 0 fully saturated rings. The summed E-state index contributed by atoms with van der Waals surface area (Å²) in [6.07, 6.45) is 43.4. The van der Waals surface area contributed by atoms with E-state index < -0.39 is 18.2 Å².